The van der Waals surface area contributed by atoms with E-state index < -0.39 is 12.0 Å². The zero-order valence-corrected chi connectivity index (χ0v) is 13.0. The standard InChI is InChI=1S/C18H19NO4/c1-12-6-7-15(23-12)8-9-17(20)19-11-14-5-3-2-4-13(14)10-16(19)18(21)22/h2-7,16H,8-11H2,1H3,(H,21,22). The summed E-state index contributed by atoms with van der Waals surface area (Å²) >= 11 is 0. The molecular weight excluding hydrogens is 294 g/mol. The van der Waals surface area contributed by atoms with Crippen LogP contribution in [0.3, 0.4) is 0 Å². The van der Waals surface area contributed by atoms with Crippen molar-refractivity contribution in [1.29, 1.82) is 0 Å². The molecule has 120 valence electrons. The number of rotatable bonds is 4. The van der Waals surface area contributed by atoms with E-state index in [1.54, 1.807) is 0 Å². The average Bonchev–Trinajstić information content (AvgIpc) is 2.96. The Balaban J connectivity index is 1.73. The van der Waals surface area contributed by atoms with Gasteiger partial charge in [-0.3, -0.25) is 4.79 Å². The minimum atomic E-state index is -0.957. The van der Waals surface area contributed by atoms with Crippen LogP contribution in [0.5, 0.6) is 0 Å². The summed E-state index contributed by atoms with van der Waals surface area (Å²) < 4.78 is 5.46. The Morgan fingerprint density at radius 2 is 1.96 bits per heavy atom. The highest BCUT2D eigenvalue weighted by molar-refractivity contribution is 5.84. The number of nitrogens with zero attached hydrogens (tertiary/aromatic N) is 1. The third-order valence-corrected chi connectivity index (χ3v) is 4.24. The second kappa shape index (κ2) is 6.28. The third-order valence-electron chi connectivity index (χ3n) is 4.24. The van der Waals surface area contributed by atoms with E-state index in [0.29, 0.717) is 19.4 Å². The van der Waals surface area contributed by atoms with Crippen LogP contribution in [0.2, 0.25) is 0 Å². The quantitative estimate of drug-likeness (QED) is 0.941. The molecule has 1 N–H and O–H groups in total. The number of benzene rings is 1. The van der Waals surface area contributed by atoms with Crippen LogP contribution in [0, 0.1) is 6.92 Å². The van der Waals surface area contributed by atoms with Crippen molar-refractivity contribution in [2.75, 3.05) is 0 Å². The van der Waals surface area contributed by atoms with Crippen LogP contribution >= 0.6 is 0 Å². The molecule has 0 saturated carbocycles. The molecular formula is C18H19NO4. The molecule has 2 heterocycles. The maximum atomic E-state index is 12.5. The number of fused-ring (bicyclic) bond motifs is 1. The van der Waals surface area contributed by atoms with Gasteiger partial charge in [0.15, 0.2) is 0 Å². The van der Waals surface area contributed by atoms with Gasteiger partial charge in [0.05, 0.1) is 0 Å². The van der Waals surface area contributed by atoms with Gasteiger partial charge in [0, 0.05) is 25.8 Å². The molecule has 1 aliphatic rings. The molecule has 23 heavy (non-hydrogen) atoms. The number of carboxylic acids is 1. The topological polar surface area (TPSA) is 70.8 Å². The maximum absolute atomic E-state index is 12.5. The molecule has 5 heteroatoms. The van der Waals surface area contributed by atoms with Crippen molar-refractivity contribution in [3.63, 3.8) is 0 Å². The second-order valence-electron chi connectivity index (χ2n) is 5.86. The normalized spacial score (nSPS) is 16.9. The summed E-state index contributed by atoms with van der Waals surface area (Å²) in [5.41, 5.74) is 2.03. The third kappa shape index (κ3) is 3.28. The first kappa shape index (κ1) is 15.3. The summed E-state index contributed by atoms with van der Waals surface area (Å²) in [5, 5.41) is 9.46. The molecule has 0 radical (unpaired) electrons. The monoisotopic (exact) mass is 313 g/mol. The largest absolute Gasteiger partial charge is 0.480 e. The number of carbonyl (C=O) groups excluding carboxylic acids is 1. The van der Waals surface area contributed by atoms with Crippen LogP contribution in [0.15, 0.2) is 40.8 Å². The number of aryl methyl sites for hydroxylation is 2. The van der Waals surface area contributed by atoms with Gasteiger partial charge >= 0.3 is 5.97 Å². The number of carbonyl (C=O) groups is 2. The lowest BCUT2D eigenvalue weighted by Gasteiger charge is -2.34. The molecule has 1 aromatic heterocycles. The lowest BCUT2D eigenvalue weighted by molar-refractivity contribution is -0.151. The molecule has 1 atom stereocenters. The van der Waals surface area contributed by atoms with Gasteiger partial charge < -0.3 is 14.4 Å². The van der Waals surface area contributed by atoms with Gasteiger partial charge in [-0.05, 0) is 30.2 Å². The SMILES string of the molecule is Cc1ccc(CCC(=O)N2Cc3ccccc3CC2C(=O)O)o1. The Kier molecular flexibility index (Phi) is 4.19. The van der Waals surface area contributed by atoms with E-state index in [0.717, 1.165) is 22.6 Å². The lowest BCUT2D eigenvalue weighted by Crippen LogP contribution is -2.48. The van der Waals surface area contributed by atoms with Gasteiger partial charge in [-0.25, -0.2) is 4.79 Å². The summed E-state index contributed by atoms with van der Waals surface area (Å²) in [6.07, 6.45) is 1.09. The summed E-state index contributed by atoms with van der Waals surface area (Å²) in [4.78, 5) is 25.5. The Morgan fingerprint density at radius 3 is 2.61 bits per heavy atom. The number of hydrogen-bond acceptors (Lipinski definition) is 3. The van der Waals surface area contributed by atoms with Crippen LogP contribution in [-0.4, -0.2) is 27.9 Å². The van der Waals surface area contributed by atoms with E-state index in [-0.39, 0.29) is 12.3 Å². The fourth-order valence-corrected chi connectivity index (χ4v) is 3.00. The van der Waals surface area contributed by atoms with Crippen LogP contribution in [0.4, 0.5) is 0 Å². The number of carboxylic acid groups (broad SMARTS) is 1. The molecule has 1 unspecified atom stereocenters. The van der Waals surface area contributed by atoms with Crippen molar-refractivity contribution in [3.8, 4) is 0 Å². The minimum absolute atomic E-state index is 0.152. The van der Waals surface area contributed by atoms with Gasteiger partial charge in [-0.2, -0.15) is 0 Å². The molecule has 3 rings (SSSR count). The summed E-state index contributed by atoms with van der Waals surface area (Å²) in [7, 11) is 0. The fourth-order valence-electron chi connectivity index (χ4n) is 3.00. The molecule has 2 aromatic rings. The van der Waals surface area contributed by atoms with E-state index in [1.807, 2.05) is 43.3 Å². The highest BCUT2D eigenvalue weighted by atomic mass is 16.4. The summed E-state index contributed by atoms with van der Waals surface area (Å²) in [5.74, 6) is 0.450. The van der Waals surface area contributed by atoms with E-state index in [2.05, 4.69) is 0 Å². The van der Waals surface area contributed by atoms with Gasteiger partial charge in [-0.1, -0.05) is 24.3 Å². The minimum Gasteiger partial charge on any atom is -0.480 e. The fraction of sp³-hybridized carbons (Fsp3) is 0.333. The smallest absolute Gasteiger partial charge is 0.326 e. The van der Waals surface area contributed by atoms with Crippen molar-refractivity contribution < 1.29 is 19.1 Å². The van der Waals surface area contributed by atoms with Crippen LogP contribution in [0.25, 0.3) is 0 Å². The first-order chi connectivity index (χ1) is 11.0. The van der Waals surface area contributed by atoms with E-state index in [1.165, 1.54) is 4.90 Å². The Labute approximate surface area is 134 Å². The number of hydrogen-bond donors (Lipinski definition) is 1. The first-order valence-electron chi connectivity index (χ1n) is 7.69. The van der Waals surface area contributed by atoms with Crippen molar-refractivity contribution in [1.82, 2.24) is 4.90 Å². The van der Waals surface area contributed by atoms with E-state index in [4.69, 9.17) is 4.42 Å². The molecule has 5 nitrogen and oxygen atoms in total. The number of furan rings is 1. The van der Waals surface area contributed by atoms with Crippen LogP contribution in [0.1, 0.15) is 29.1 Å². The summed E-state index contributed by atoms with van der Waals surface area (Å²) in [6, 6.07) is 10.6. The zero-order valence-electron chi connectivity index (χ0n) is 13.0. The van der Waals surface area contributed by atoms with Crippen LogP contribution < -0.4 is 0 Å². The van der Waals surface area contributed by atoms with Crippen molar-refractivity contribution in [3.05, 3.63) is 59.0 Å². The predicted molar refractivity (Wildman–Crippen MR) is 83.9 cm³/mol. The van der Waals surface area contributed by atoms with Gasteiger partial charge in [0.25, 0.3) is 0 Å². The van der Waals surface area contributed by atoms with Gasteiger partial charge in [0.1, 0.15) is 17.6 Å². The first-order valence-corrected chi connectivity index (χ1v) is 7.69. The van der Waals surface area contributed by atoms with E-state index in [9.17, 15) is 14.7 Å². The Hall–Kier alpha value is -2.56. The van der Waals surface area contributed by atoms with Crippen molar-refractivity contribution >= 4 is 11.9 Å². The second-order valence-corrected chi connectivity index (χ2v) is 5.86. The van der Waals surface area contributed by atoms with Crippen LogP contribution in [-0.2, 0) is 29.0 Å². The molecule has 0 bridgehead atoms. The number of aliphatic carboxylic acids is 1. The summed E-state index contributed by atoms with van der Waals surface area (Å²) in [6.45, 7) is 2.20. The molecule has 0 saturated heterocycles. The predicted octanol–water partition coefficient (Wildman–Crippen LogP) is 2.56. The zero-order chi connectivity index (χ0) is 16.4. The van der Waals surface area contributed by atoms with Gasteiger partial charge in [-0.15, -0.1) is 0 Å². The molecule has 1 aromatic carbocycles. The molecule has 1 aliphatic heterocycles. The molecule has 0 spiro atoms. The average molecular weight is 313 g/mol. The van der Waals surface area contributed by atoms with E-state index >= 15 is 0 Å². The maximum Gasteiger partial charge on any atom is 0.326 e. The van der Waals surface area contributed by atoms with Crippen molar-refractivity contribution in [2.45, 2.75) is 38.8 Å². The molecule has 1 amide bonds. The molecule has 0 aliphatic carbocycles. The highest BCUT2D eigenvalue weighted by Crippen LogP contribution is 2.24. The number of amides is 1. The lowest BCUT2D eigenvalue weighted by atomic mass is 9.93. The molecule has 0 fully saturated rings. The highest BCUT2D eigenvalue weighted by Gasteiger charge is 2.34. The van der Waals surface area contributed by atoms with Crippen molar-refractivity contribution in [2.24, 2.45) is 0 Å². The Morgan fingerprint density at radius 1 is 1.22 bits per heavy atom. The Bertz CT molecular complexity index is 734. The van der Waals surface area contributed by atoms with Gasteiger partial charge in [0.2, 0.25) is 5.91 Å².